The summed E-state index contributed by atoms with van der Waals surface area (Å²) in [5.41, 5.74) is 0.973. The minimum Gasteiger partial charge on any atom is -0.364 e. The highest BCUT2D eigenvalue weighted by molar-refractivity contribution is 5.83. The van der Waals surface area contributed by atoms with E-state index in [9.17, 15) is 14.4 Å². The molecule has 144 valence electrons. The van der Waals surface area contributed by atoms with Crippen molar-refractivity contribution in [3.63, 3.8) is 0 Å². The standard InChI is InChI=1S/C19H25N5O3/c1-13(25)20-19(21-14(2)26)24-16-7-5-4-6-15(16)12-17(18(24)27)23-10-8-22(3)9-11-23/h4-7,12,19H,8-11H2,1-3H3,(H,20,25)(H,21,26). The number of likely N-dealkylation sites (N-methyl/N-ethyl adjacent to an activating group) is 1. The van der Waals surface area contributed by atoms with Gasteiger partial charge in [0.15, 0.2) is 6.29 Å². The third-order valence-electron chi connectivity index (χ3n) is 4.71. The summed E-state index contributed by atoms with van der Waals surface area (Å²) >= 11 is 0. The van der Waals surface area contributed by atoms with Crippen molar-refractivity contribution in [2.75, 3.05) is 38.1 Å². The Kier molecular flexibility index (Phi) is 5.46. The summed E-state index contributed by atoms with van der Waals surface area (Å²) in [6.07, 6.45) is -0.954. The predicted octanol–water partition coefficient (Wildman–Crippen LogP) is 0.482. The number of nitrogens with one attached hydrogen (secondary N) is 2. The van der Waals surface area contributed by atoms with Crippen LogP contribution in [0.4, 0.5) is 5.69 Å². The summed E-state index contributed by atoms with van der Waals surface area (Å²) in [6.45, 7) is 5.93. The van der Waals surface area contributed by atoms with E-state index in [1.807, 2.05) is 24.3 Å². The van der Waals surface area contributed by atoms with E-state index in [1.165, 1.54) is 18.4 Å². The lowest BCUT2D eigenvalue weighted by atomic mass is 10.1. The SMILES string of the molecule is CC(=O)NC(NC(C)=O)n1c(=O)c(N2CCN(C)CC2)cc2ccccc21. The fourth-order valence-corrected chi connectivity index (χ4v) is 3.35. The van der Waals surface area contributed by atoms with Gasteiger partial charge in [-0.2, -0.15) is 0 Å². The van der Waals surface area contributed by atoms with Crippen LogP contribution < -0.4 is 21.1 Å². The molecule has 1 fully saturated rings. The highest BCUT2D eigenvalue weighted by Crippen LogP contribution is 2.21. The number of nitrogens with zero attached hydrogens (tertiary/aromatic N) is 3. The van der Waals surface area contributed by atoms with Crippen LogP contribution in [0.15, 0.2) is 35.1 Å². The van der Waals surface area contributed by atoms with Crippen molar-refractivity contribution in [2.45, 2.75) is 20.1 Å². The molecule has 1 aromatic heterocycles. The Bertz CT molecular complexity index is 899. The Morgan fingerprint density at radius 2 is 1.59 bits per heavy atom. The molecular formula is C19H25N5O3. The predicted molar refractivity (Wildman–Crippen MR) is 105 cm³/mol. The van der Waals surface area contributed by atoms with Crippen molar-refractivity contribution in [1.82, 2.24) is 20.1 Å². The van der Waals surface area contributed by atoms with Crippen LogP contribution in [0.25, 0.3) is 10.9 Å². The maximum absolute atomic E-state index is 13.4. The van der Waals surface area contributed by atoms with Crippen LogP contribution in [0.1, 0.15) is 20.1 Å². The van der Waals surface area contributed by atoms with Gasteiger partial charge >= 0.3 is 0 Å². The first-order chi connectivity index (χ1) is 12.9. The largest absolute Gasteiger partial charge is 0.364 e. The molecule has 1 aliphatic rings. The molecule has 2 heterocycles. The fourth-order valence-electron chi connectivity index (χ4n) is 3.35. The minimum absolute atomic E-state index is 0.245. The maximum atomic E-state index is 13.4. The van der Waals surface area contributed by atoms with E-state index < -0.39 is 6.29 Å². The van der Waals surface area contributed by atoms with Crippen molar-refractivity contribution in [1.29, 1.82) is 0 Å². The lowest BCUT2D eigenvalue weighted by Crippen LogP contribution is -2.50. The first kappa shape index (κ1) is 18.9. The third-order valence-corrected chi connectivity index (χ3v) is 4.71. The summed E-state index contributed by atoms with van der Waals surface area (Å²) in [5, 5.41) is 6.19. The third kappa shape index (κ3) is 4.11. The average molecular weight is 371 g/mol. The Labute approximate surface area is 157 Å². The number of piperazine rings is 1. The number of carbonyl (C=O) groups excluding carboxylic acids is 2. The molecule has 0 saturated carbocycles. The van der Waals surface area contributed by atoms with Gasteiger partial charge in [0, 0.05) is 45.4 Å². The monoisotopic (exact) mass is 371 g/mol. The molecule has 2 N–H and O–H groups in total. The van der Waals surface area contributed by atoms with Crippen LogP contribution in [-0.2, 0) is 9.59 Å². The van der Waals surface area contributed by atoms with Crippen LogP contribution in [0, 0.1) is 0 Å². The van der Waals surface area contributed by atoms with E-state index in [0.29, 0.717) is 11.2 Å². The second-order valence-corrected chi connectivity index (χ2v) is 6.86. The number of pyridine rings is 1. The number of para-hydroxylation sites is 1. The summed E-state index contributed by atoms with van der Waals surface area (Å²) < 4.78 is 1.45. The Balaban J connectivity index is 2.16. The first-order valence-electron chi connectivity index (χ1n) is 8.99. The average Bonchev–Trinajstić information content (AvgIpc) is 2.60. The lowest BCUT2D eigenvalue weighted by Gasteiger charge is -2.34. The van der Waals surface area contributed by atoms with Gasteiger partial charge < -0.3 is 20.4 Å². The van der Waals surface area contributed by atoms with Gasteiger partial charge in [-0.25, -0.2) is 0 Å². The van der Waals surface area contributed by atoms with Gasteiger partial charge in [-0.15, -0.1) is 0 Å². The Hall–Kier alpha value is -2.87. The zero-order valence-corrected chi connectivity index (χ0v) is 15.9. The molecule has 0 bridgehead atoms. The van der Waals surface area contributed by atoms with E-state index >= 15 is 0 Å². The zero-order valence-electron chi connectivity index (χ0n) is 15.9. The Morgan fingerprint density at radius 3 is 2.19 bits per heavy atom. The molecule has 0 aliphatic carbocycles. The van der Waals surface area contributed by atoms with E-state index in [4.69, 9.17) is 0 Å². The molecule has 8 nitrogen and oxygen atoms in total. The molecule has 1 saturated heterocycles. The van der Waals surface area contributed by atoms with Gasteiger partial charge in [0.2, 0.25) is 11.8 Å². The number of benzene rings is 1. The van der Waals surface area contributed by atoms with Crippen LogP contribution in [-0.4, -0.2) is 54.5 Å². The maximum Gasteiger partial charge on any atom is 0.277 e. The molecular weight excluding hydrogens is 346 g/mol. The number of amides is 2. The number of rotatable bonds is 4. The highest BCUT2D eigenvalue weighted by Gasteiger charge is 2.23. The number of hydrogen-bond donors (Lipinski definition) is 2. The topological polar surface area (TPSA) is 86.7 Å². The van der Waals surface area contributed by atoms with Gasteiger partial charge in [-0.3, -0.25) is 19.0 Å². The molecule has 1 aliphatic heterocycles. The normalized spacial score (nSPS) is 15.2. The van der Waals surface area contributed by atoms with Gasteiger partial charge in [-0.05, 0) is 19.2 Å². The second kappa shape index (κ2) is 7.79. The molecule has 2 amide bonds. The van der Waals surface area contributed by atoms with Crippen LogP contribution in [0.5, 0.6) is 0 Å². The van der Waals surface area contributed by atoms with Crippen molar-refractivity contribution in [3.8, 4) is 0 Å². The van der Waals surface area contributed by atoms with Crippen molar-refractivity contribution < 1.29 is 9.59 Å². The molecule has 0 radical (unpaired) electrons. The van der Waals surface area contributed by atoms with Crippen molar-refractivity contribution in [3.05, 3.63) is 40.7 Å². The molecule has 0 unspecified atom stereocenters. The molecule has 3 rings (SSSR count). The molecule has 27 heavy (non-hydrogen) atoms. The van der Waals surface area contributed by atoms with E-state index in [2.05, 4.69) is 27.5 Å². The van der Waals surface area contributed by atoms with Gasteiger partial charge in [-0.1, -0.05) is 18.2 Å². The number of hydrogen-bond acceptors (Lipinski definition) is 5. The molecule has 8 heteroatoms. The number of aromatic nitrogens is 1. The van der Waals surface area contributed by atoms with Gasteiger partial charge in [0.25, 0.3) is 5.56 Å². The molecule has 0 atom stereocenters. The number of anilines is 1. The number of fused-ring (bicyclic) bond motifs is 1. The number of carbonyl (C=O) groups is 2. The summed E-state index contributed by atoms with van der Waals surface area (Å²) in [4.78, 5) is 41.0. The zero-order chi connectivity index (χ0) is 19.6. The summed E-state index contributed by atoms with van der Waals surface area (Å²) in [7, 11) is 2.06. The van der Waals surface area contributed by atoms with Crippen LogP contribution in [0.2, 0.25) is 0 Å². The molecule has 2 aromatic rings. The molecule has 0 spiro atoms. The van der Waals surface area contributed by atoms with Gasteiger partial charge in [0.05, 0.1) is 5.52 Å². The van der Waals surface area contributed by atoms with E-state index in [-0.39, 0.29) is 17.4 Å². The van der Waals surface area contributed by atoms with Crippen LogP contribution in [0.3, 0.4) is 0 Å². The van der Waals surface area contributed by atoms with Crippen molar-refractivity contribution in [2.24, 2.45) is 0 Å². The quantitative estimate of drug-likeness (QED) is 0.764. The van der Waals surface area contributed by atoms with Crippen LogP contribution >= 0.6 is 0 Å². The van der Waals surface area contributed by atoms with E-state index in [1.54, 1.807) is 6.07 Å². The fraction of sp³-hybridized carbons (Fsp3) is 0.421. The Morgan fingerprint density at radius 1 is 1.00 bits per heavy atom. The summed E-state index contributed by atoms with van der Waals surface area (Å²) in [6, 6.07) is 9.34. The first-order valence-corrected chi connectivity index (χ1v) is 8.99. The van der Waals surface area contributed by atoms with Gasteiger partial charge in [0.1, 0.15) is 5.69 Å². The summed E-state index contributed by atoms with van der Waals surface area (Å²) in [5.74, 6) is -0.676. The lowest BCUT2D eigenvalue weighted by molar-refractivity contribution is -0.123. The van der Waals surface area contributed by atoms with E-state index in [0.717, 1.165) is 31.6 Å². The second-order valence-electron chi connectivity index (χ2n) is 6.86. The van der Waals surface area contributed by atoms with Crippen molar-refractivity contribution >= 4 is 28.4 Å². The highest BCUT2D eigenvalue weighted by atomic mass is 16.2. The minimum atomic E-state index is -0.954. The molecule has 1 aromatic carbocycles. The smallest absolute Gasteiger partial charge is 0.277 e.